The van der Waals surface area contributed by atoms with Crippen LogP contribution >= 0.6 is 0 Å². The molecule has 0 spiro atoms. The van der Waals surface area contributed by atoms with Gasteiger partial charge in [-0.25, -0.2) is 4.98 Å². The van der Waals surface area contributed by atoms with Gasteiger partial charge in [0.2, 0.25) is 0 Å². The lowest BCUT2D eigenvalue weighted by molar-refractivity contribution is 0.305. The minimum absolute atomic E-state index is 0.520. The molecule has 0 atom stereocenters. The maximum absolute atomic E-state index is 6.11. The van der Waals surface area contributed by atoms with E-state index in [0.717, 1.165) is 86.8 Å². The predicted molar refractivity (Wildman–Crippen MR) is 205 cm³/mol. The number of unbranched alkanes of at least 4 members (excludes halogenated alkanes) is 3. The molecular formula is C43H50N2O5. The van der Waals surface area contributed by atoms with E-state index in [1.54, 1.807) is 0 Å². The molecule has 0 saturated heterocycles. The van der Waals surface area contributed by atoms with E-state index in [1.807, 2.05) is 76.2 Å². The standard InChI is InChI=1S/C43H50N2O5/c1-6-11-12-13-26-50-35-20-18-34(19-21-35)44-33-16-14-31(15-17-33)32-27-40(38-24-22-36(46-7-2)29-42(38)48-9-4)45-41(28-32)39-25-23-37(47-8-3)30-43(39)49-10-5/h14-25,27-30,44H,6-13,26H2,1-5H3. The molecule has 262 valence electrons. The Morgan fingerprint density at radius 3 is 1.46 bits per heavy atom. The maximum atomic E-state index is 6.11. The van der Waals surface area contributed by atoms with Crippen molar-refractivity contribution in [3.8, 4) is 62.4 Å². The van der Waals surface area contributed by atoms with E-state index in [9.17, 15) is 0 Å². The van der Waals surface area contributed by atoms with Gasteiger partial charge in [0.1, 0.15) is 28.7 Å². The third-order valence-electron chi connectivity index (χ3n) is 8.13. The van der Waals surface area contributed by atoms with E-state index in [0.29, 0.717) is 26.4 Å². The minimum atomic E-state index is 0.520. The molecule has 0 radical (unpaired) electrons. The molecule has 5 rings (SSSR count). The highest BCUT2D eigenvalue weighted by molar-refractivity contribution is 5.81. The Hall–Kier alpha value is -5.17. The number of benzene rings is 4. The van der Waals surface area contributed by atoms with E-state index in [4.69, 9.17) is 28.7 Å². The summed E-state index contributed by atoms with van der Waals surface area (Å²) < 4.78 is 29.7. The Morgan fingerprint density at radius 1 is 0.460 bits per heavy atom. The molecule has 0 amide bonds. The highest BCUT2D eigenvalue weighted by Gasteiger charge is 2.17. The van der Waals surface area contributed by atoms with Gasteiger partial charge in [-0.3, -0.25) is 0 Å². The number of nitrogens with zero attached hydrogens (tertiary/aromatic N) is 1. The summed E-state index contributed by atoms with van der Waals surface area (Å²) in [6.45, 7) is 13.1. The Bertz CT molecular complexity index is 1710. The van der Waals surface area contributed by atoms with Gasteiger partial charge in [0.05, 0.1) is 44.4 Å². The Balaban J connectivity index is 1.47. The summed E-state index contributed by atoms with van der Waals surface area (Å²) in [5, 5.41) is 3.52. The minimum Gasteiger partial charge on any atom is -0.494 e. The van der Waals surface area contributed by atoms with Gasteiger partial charge < -0.3 is 29.0 Å². The van der Waals surface area contributed by atoms with Crippen LogP contribution in [0.4, 0.5) is 11.4 Å². The summed E-state index contributed by atoms with van der Waals surface area (Å²) in [6.07, 6.45) is 4.77. The maximum Gasteiger partial charge on any atom is 0.132 e. The summed E-state index contributed by atoms with van der Waals surface area (Å²) in [5.41, 5.74) is 7.41. The molecule has 1 N–H and O–H groups in total. The Morgan fingerprint density at radius 2 is 0.960 bits per heavy atom. The first kappa shape index (κ1) is 36.1. The van der Waals surface area contributed by atoms with Crippen LogP contribution in [-0.2, 0) is 0 Å². The van der Waals surface area contributed by atoms with Gasteiger partial charge in [-0.1, -0.05) is 38.3 Å². The van der Waals surface area contributed by atoms with Crippen LogP contribution in [0.25, 0.3) is 33.6 Å². The van der Waals surface area contributed by atoms with Gasteiger partial charge in [-0.2, -0.15) is 0 Å². The average molecular weight is 675 g/mol. The first-order valence-corrected chi connectivity index (χ1v) is 18.0. The third kappa shape index (κ3) is 9.71. The number of hydrogen-bond donors (Lipinski definition) is 1. The van der Waals surface area contributed by atoms with Crippen molar-refractivity contribution in [2.75, 3.05) is 38.4 Å². The van der Waals surface area contributed by atoms with Crippen LogP contribution in [-0.4, -0.2) is 38.0 Å². The van der Waals surface area contributed by atoms with Crippen LogP contribution in [0.15, 0.2) is 97.1 Å². The quantitative estimate of drug-likeness (QED) is 0.0874. The van der Waals surface area contributed by atoms with E-state index < -0.39 is 0 Å². The van der Waals surface area contributed by atoms with Crippen molar-refractivity contribution in [2.45, 2.75) is 60.3 Å². The monoisotopic (exact) mass is 674 g/mol. The van der Waals surface area contributed by atoms with Crippen molar-refractivity contribution in [3.05, 3.63) is 97.1 Å². The summed E-state index contributed by atoms with van der Waals surface area (Å²) >= 11 is 0. The van der Waals surface area contributed by atoms with Crippen molar-refractivity contribution in [3.63, 3.8) is 0 Å². The zero-order valence-corrected chi connectivity index (χ0v) is 30.1. The smallest absolute Gasteiger partial charge is 0.132 e. The van der Waals surface area contributed by atoms with Crippen LogP contribution < -0.4 is 29.0 Å². The molecule has 5 aromatic rings. The lowest BCUT2D eigenvalue weighted by atomic mass is 9.99. The van der Waals surface area contributed by atoms with Crippen molar-refractivity contribution in [1.29, 1.82) is 0 Å². The van der Waals surface area contributed by atoms with Crippen LogP contribution in [0.2, 0.25) is 0 Å². The van der Waals surface area contributed by atoms with Gasteiger partial charge in [0.15, 0.2) is 0 Å². The van der Waals surface area contributed by atoms with Gasteiger partial charge in [0.25, 0.3) is 0 Å². The Kier molecular flexibility index (Phi) is 13.4. The zero-order chi connectivity index (χ0) is 35.1. The summed E-state index contributed by atoms with van der Waals surface area (Å²) in [6, 6.07) is 32.6. The van der Waals surface area contributed by atoms with Crippen LogP contribution in [0, 0.1) is 0 Å². The van der Waals surface area contributed by atoms with Gasteiger partial charge >= 0.3 is 0 Å². The second-order valence-corrected chi connectivity index (χ2v) is 11.8. The average Bonchev–Trinajstić information content (AvgIpc) is 3.13. The number of pyridine rings is 1. The summed E-state index contributed by atoms with van der Waals surface area (Å²) in [5.74, 6) is 3.85. The topological polar surface area (TPSA) is 71.1 Å². The molecule has 0 fully saturated rings. The van der Waals surface area contributed by atoms with E-state index in [1.165, 1.54) is 19.3 Å². The van der Waals surface area contributed by atoms with Gasteiger partial charge in [-0.05, 0) is 118 Å². The van der Waals surface area contributed by atoms with E-state index >= 15 is 0 Å². The number of rotatable bonds is 19. The number of aromatic nitrogens is 1. The molecular weight excluding hydrogens is 624 g/mol. The zero-order valence-electron chi connectivity index (χ0n) is 30.1. The van der Waals surface area contributed by atoms with Crippen molar-refractivity contribution in [1.82, 2.24) is 4.98 Å². The molecule has 0 bridgehead atoms. The van der Waals surface area contributed by atoms with Crippen LogP contribution in [0.3, 0.4) is 0 Å². The number of hydrogen-bond acceptors (Lipinski definition) is 7. The SMILES string of the molecule is CCCCCCOc1ccc(Nc2ccc(-c3cc(-c4ccc(OCC)cc4OCC)nc(-c4ccc(OCC)cc4OCC)c3)cc2)cc1. The molecule has 7 nitrogen and oxygen atoms in total. The fraction of sp³-hybridized carbons (Fsp3) is 0.326. The molecule has 1 heterocycles. The molecule has 50 heavy (non-hydrogen) atoms. The predicted octanol–water partition coefficient (Wildman–Crippen LogP) is 11.4. The summed E-state index contributed by atoms with van der Waals surface area (Å²) in [4.78, 5) is 5.18. The molecule has 7 heteroatoms. The fourth-order valence-electron chi connectivity index (χ4n) is 5.73. The first-order chi connectivity index (χ1) is 24.5. The van der Waals surface area contributed by atoms with E-state index in [-0.39, 0.29) is 0 Å². The molecule has 0 unspecified atom stereocenters. The third-order valence-corrected chi connectivity index (χ3v) is 8.13. The Labute approximate surface area is 297 Å². The first-order valence-electron chi connectivity index (χ1n) is 18.0. The lowest BCUT2D eigenvalue weighted by Gasteiger charge is -2.17. The van der Waals surface area contributed by atoms with Crippen LogP contribution in [0.1, 0.15) is 60.3 Å². The molecule has 0 aliphatic carbocycles. The highest BCUT2D eigenvalue weighted by atomic mass is 16.5. The van der Waals surface area contributed by atoms with E-state index in [2.05, 4.69) is 60.8 Å². The number of ether oxygens (including phenoxy) is 5. The lowest BCUT2D eigenvalue weighted by Crippen LogP contribution is -2.00. The second-order valence-electron chi connectivity index (χ2n) is 11.8. The van der Waals surface area contributed by atoms with Crippen LogP contribution in [0.5, 0.6) is 28.7 Å². The van der Waals surface area contributed by atoms with Gasteiger partial charge in [-0.15, -0.1) is 0 Å². The largest absolute Gasteiger partial charge is 0.494 e. The molecule has 0 saturated carbocycles. The fourth-order valence-corrected chi connectivity index (χ4v) is 5.73. The number of anilines is 2. The summed E-state index contributed by atoms with van der Waals surface area (Å²) in [7, 11) is 0. The molecule has 0 aliphatic rings. The normalized spacial score (nSPS) is 10.8. The highest BCUT2D eigenvalue weighted by Crippen LogP contribution is 2.39. The molecule has 1 aromatic heterocycles. The molecule has 0 aliphatic heterocycles. The second kappa shape index (κ2) is 18.6. The van der Waals surface area contributed by atoms with Crippen molar-refractivity contribution in [2.24, 2.45) is 0 Å². The van der Waals surface area contributed by atoms with Crippen molar-refractivity contribution >= 4 is 11.4 Å². The molecule has 4 aromatic carbocycles. The van der Waals surface area contributed by atoms with Crippen molar-refractivity contribution < 1.29 is 23.7 Å². The van der Waals surface area contributed by atoms with Gasteiger partial charge in [0, 0.05) is 34.6 Å². The number of nitrogens with one attached hydrogen (secondary N) is 1.